The average Bonchev–Trinajstić information content (AvgIpc) is 3.18. The van der Waals surface area contributed by atoms with Gasteiger partial charge < -0.3 is 4.90 Å². The summed E-state index contributed by atoms with van der Waals surface area (Å²) in [5, 5.41) is 2.06. The molecule has 2 aromatic carbocycles. The molecule has 0 radical (unpaired) electrons. The van der Waals surface area contributed by atoms with Crippen LogP contribution in [0.3, 0.4) is 0 Å². The summed E-state index contributed by atoms with van der Waals surface area (Å²) in [5.74, 6) is -1.02. The first-order chi connectivity index (χ1) is 14.8. The lowest BCUT2D eigenvalue weighted by Gasteiger charge is -2.21. The number of hydrogen-bond donors (Lipinski definition) is 0. The highest BCUT2D eigenvalue weighted by Crippen LogP contribution is 2.31. The van der Waals surface area contributed by atoms with Crippen LogP contribution in [0.2, 0.25) is 0 Å². The fraction of sp³-hybridized carbons (Fsp3) is 0.208. The van der Waals surface area contributed by atoms with Gasteiger partial charge in [-0.3, -0.25) is 14.5 Å². The lowest BCUT2D eigenvalue weighted by molar-refractivity contribution is -0.116. The molecule has 0 spiro atoms. The average molecular weight is 438 g/mol. The van der Waals surface area contributed by atoms with Crippen LogP contribution < -0.4 is 9.80 Å². The van der Waals surface area contributed by atoms with Crippen LogP contribution in [0.1, 0.15) is 30.7 Å². The standard InChI is InChI=1S/C24H24FN3O2S/c1-5-27(21-12-10-16(2)14-17(21)3)23(30)13-11-19-15-31-24(26-19)28(18(4)29)22-9-7-6-8-20(22)25/h6-15H,5H2,1-4H3. The molecule has 1 heterocycles. The lowest BCUT2D eigenvalue weighted by atomic mass is 10.1. The Morgan fingerprint density at radius 2 is 1.87 bits per heavy atom. The van der Waals surface area contributed by atoms with Crippen LogP contribution in [0.25, 0.3) is 6.08 Å². The third-order valence-corrected chi connectivity index (χ3v) is 5.58. The largest absolute Gasteiger partial charge is 0.309 e. The van der Waals surface area contributed by atoms with Gasteiger partial charge in [0.2, 0.25) is 5.91 Å². The van der Waals surface area contributed by atoms with Gasteiger partial charge in [0.25, 0.3) is 5.91 Å². The van der Waals surface area contributed by atoms with Crippen molar-refractivity contribution in [3.63, 3.8) is 0 Å². The van der Waals surface area contributed by atoms with E-state index in [9.17, 15) is 14.0 Å². The minimum absolute atomic E-state index is 0.142. The number of aryl methyl sites for hydroxylation is 2. The van der Waals surface area contributed by atoms with Crippen molar-refractivity contribution in [1.82, 2.24) is 4.98 Å². The maximum absolute atomic E-state index is 14.2. The highest BCUT2D eigenvalue weighted by atomic mass is 32.1. The van der Waals surface area contributed by atoms with Crippen molar-refractivity contribution in [2.24, 2.45) is 0 Å². The SMILES string of the molecule is CCN(C(=O)C=Cc1csc(N(C(C)=O)c2ccccc2F)n1)c1ccc(C)cc1C. The smallest absolute Gasteiger partial charge is 0.251 e. The van der Waals surface area contributed by atoms with Gasteiger partial charge in [0.1, 0.15) is 5.82 Å². The molecule has 2 amide bonds. The Hall–Kier alpha value is -3.32. The Morgan fingerprint density at radius 1 is 1.13 bits per heavy atom. The zero-order valence-corrected chi connectivity index (χ0v) is 18.7. The van der Waals surface area contributed by atoms with E-state index in [0.29, 0.717) is 17.4 Å². The number of para-hydroxylation sites is 1. The summed E-state index contributed by atoms with van der Waals surface area (Å²) in [7, 11) is 0. The van der Waals surface area contributed by atoms with Crippen molar-refractivity contribution < 1.29 is 14.0 Å². The number of benzene rings is 2. The van der Waals surface area contributed by atoms with Gasteiger partial charge in [0, 0.05) is 30.6 Å². The minimum Gasteiger partial charge on any atom is -0.309 e. The van der Waals surface area contributed by atoms with Gasteiger partial charge in [0.05, 0.1) is 11.4 Å². The number of carbonyl (C=O) groups excluding carboxylic acids is 2. The van der Waals surface area contributed by atoms with E-state index in [2.05, 4.69) is 4.98 Å². The second kappa shape index (κ2) is 9.66. The first kappa shape index (κ1) is 22.4. The zero-order valence-electron chi connectivity index (χ0n) is 17.9. The van der Waals surface area contributed by atoms with E-state index >= 15 is 0 Å². The molecule has 0 aliphatic heterocycles. The molecule has 3 rings (SSSR count). The van der Waals surface area contributed by atoms with Crippen LogP contribution in [0.5, 0.6) is 0 Å². The van der Waals surface area contributed by atoms with E-state index in [-0.39, 0.29) is 17.5 Å². The Morgan fingerprint density at radius 3 is 2.52 bits per heavy atom. The summed E-state index contributed by atoms with van der Waals surface area (Å²) in [4.78, 5) is 32.3. The number of aromatic nitrogens is 1. The number of hydrogen-bond acceptors (Lipinski definition) is 4. The maximum Gasteiger partial charge on any atom is 0.251 e. The van der Waals surface area contributed by atoms with Gasteiger partial charge in [-0.05, 0) is 50.6 Å². The molecule has 0 aliphatic rings. The van der Waals surface area contributed by atoms with Gasteiger partial charge in [-0.15, -0.1) is 11.3 Å². The van der Waals surface area contributed by atoms with Gasteiger partial charge in [-0.2, -0.15) is 0 Å². The molecule has 0 N–H and O–H groups in total. The first-order valence-corrected chi connectivity index (χ1v) is 10.8. The van der Waals surface area contributed by atoms with Crippen LogP contribution in [0, 0.1) is 19.7 Å². The van der Waals surface area contributed by atoms with E-state index in [1.807, 2.05) is 39.0 Å². The van der Waals surface area contributed by atoms with E-state index in [0.717, 1.165) is 16.8 Å². The second-order valence-corrected chi connectivity index (χ2v) is 7.90. The highest BCUT2D eigenvalue weighted by Gasteiger charge is 2.20. The van der Waals surface area contributed by atoms with Gasteiger partial charge in [-0.25, -0.2) is 9.37 Å². The fourth-order valence-corrected chi connectivity index (χ4v) is 4.14. The summed E-state index contributed by atoms with van der Waals surface area (Å²) in [6.45, 7) is 7.80. The molecular weight excluding hydrogens is 413 g/mol. The number of amides is 2. The van der Waals surface area contributed by atoms with Crippen molar-refractivity contribution in [2.45, 2.75) is 27.7 Å². The monoisotopic (exact) mass is 437 g/mol. The summed E-state index contributed by atoms with van der Waals surface area (Å²) in [6, 6.07) is 12.0. The fourth-order valence-electron chi connectivity index (χ4n) is 3.30. The van der Waals surface area contributed by atoms with E-state index in [1.165, 1.54) is 41.4 Å². The molecule has 0 saturated carbocycles. The van der Waals surface area contributed by atoms with Crippen LogP contribution in [-0.2, 0) is 9.59 Å². The van der Waals surface area contributed by atoms with Gasteiger partial charge in [-0.1, -0.05) is 29.8 Å². The van der Waals surface area contributed by atoms with Gasteiger partial charge >= 0.3 is 0 Å². The van der Waals surface area contributed by atoms with Crippen molar-refractivity contribution in [3.05, 3.63) is 76.6 Å². The lowest BCUT2D eigenvalue weighted by Crippen LogP contribution is -2.29. The number of rotatable bonds is 6. The van der Waals surface area contributed by atoms with Crippen LogP contribution in [-0.4, -0.2) is 23.3 Å². The van der Waals surface area contributed by atoms with Crippen LogP contribution >= 0.6 is 11.3 Å². The molecule has 7 heteroatoms. The zero-order chi connectivity index (χ0) is 22.5. The second-order valence-electron chi connectivity index (χ2n) is 7.07. The number of thiazole rings is 1. The molecule has 1 aromatic heterocycles. The van der Waals surface area contributed by atoms with Crippen molar-refractivity contribution >= 4 is 45.7 Å². The quantitative estimate of drug-likeness (QED) is 0.468. The van der Waals surface area contributed by atoms with E-state index in [1.54, 1.807) is 28.5 Å². The Labute approximate surface area is 185 Å². The topological polar surface area (TPSA) is 53.5 Å². The molecule has 0 unspecified atom stereocenters. The predicted molar refractivity (Wildman–Crippen MR) is 124 cm³/mol. The number of nitrogens with zero attached hydrogens (tertiary/aromatic N) is 3. The number of halogens is 1. The highest BCUT2D eigenvalue weighted by molar-refractivity contribution is 7.14. The molecule has 0 saturated heterocycles. The predicted octanol–water partition coefficient (Wildman–Crippen LogP) is 5.65. The van der Waals surface area contributed by atoms with Crippen molar-refractivity contribution in [1.29, 1.82) is 0 Å². The molecule has 160 valence electrons. The molecule has 31 heavy (non-hydrogen) atoms. The molecule has 0 bridgehead atoms. The molecular formula is C24H24FN3O2S. The van der Waals surface area contributed by atoms with Crippen LogP contribution in [0.15, 0.2) is 53.9 Å². The van der Waals surface area contributed by atoms with E-state index in [4.69, 9.17) is 0 Å². The Balaban J connectivity index is 1.83. The number of carbonyl (C=O) groups is 2. The molecule has 5 nitrogen and oxygen atoms in total. The molecule has 0 aliphatic carbocycles. The first-order valence-electron chi connectivity index (χ1n) is 9.89. The van der Waals surface area contributed by atoms with Crippen molar-refractivity contribution in [2.75, 3.05) is 16.3 Å². The minimum atomic E-state index is -0.507. The third kappa shape index (κ3) is 5.06. The Bertz CT molecular complexity index is 1140. The summed E-state index contributed by atoms with van der Waals surface area (Å²) >= 11 is 1.21. The van der Waals surface area contributed by atoms with Gasteiger partial charge in [0.15, 0.2) is 5.13 Å². The molecule has 3 aromatic rings. The third-order valence-electron chi connectivity index (χ3n) is 4.73. The summed E-state index contributed by atoms with van der Waals surface area (Å²) in [5.41, 5.74) is 3.70. The molecule has 0 atom stereocenters. The van der Waals surface area contributed by atoms with Crippen molar-refractivity contribution in [3.8, 4) is 0 Å². The van der Waals surface area contributed by atoms with E-state index < -0.39 is 5.82 Å². The normalized spacial score (nSPS) is 11.0. The van der Waals surface area contributed by atoms with Crippen LogP contribution in [0.4, 0.5) is 20.9 Å². The molecule has 0 fully saturated rings. The number of likely N-dealkylation sites (N-methyl/N-ethyl adjacent to an activating group) is 1. The number of anilines is 3. The summed E-state index contributed by atoms with van der Waals surface area (Å²) < 4.78 is 14.2. The Kier molecular flexibility index (Phi) is 6.97. The summed E-state index contributed by atoms with van der Waals surface area (Å²) in [6.07, 6.45) is 3.07. The maximum atomic E-state index is 14.2.